The SMILES string of the molecule is C=CCN(CC(=O)OCC)C(=O)CCCCCCC. The van der Waals surface area contributed by atoms with Gasteiger partial charge in [-0.15, -0.1) is 6.58 Å². The number of rotatable bonds is 11. The normalized spacial score (nSPS) is 10.0. The van der Waals surface area contributed by atoms with Gasteiger partial charge in [-0.3, -0.25) is 9.59 Å². The molecule has 0 saturated heterocycles. The monoisotopic (exact) mass is 269 g/mol. The van der Waals surface area contributed by atoms with Crippen molar-refractivity contribution in [1.29, 1.82) is 0 Å². The van der Waals surface area contributed by atoms with Crippen LogP contribution < -0.4 is 0 Å². The Balaban J connectivity index is 4.03. The van der Waals surface area contributed by atoms with Gasteiger partial charge in [-0.1, -0.05) is 38.7 Å². The molecular formula is C15H27NO3. The van der Waals surface area contributed by atoms with Gasteiger partial charge in [0, 0.05) is 13.0 Å². The third-order valence-corrected chi connectivity index (χ3v) is 2.82. The number of hydrogen-bond acceptors (Lipinski definition) is 3. The van der Waals surface area contributed by atoms with Crippen molar-refractivity contribution < 1.29 is 14.3 Å². The highest BCUT2D eigenvalue weighted by atomic mass is 16.5. The third kappa shape index (κ3) is 9.28. The molecule has 0 radical (unpaired) electrons. The second-order valence-corrected chi connectivity index (χ2v) is 4.53. The van der Waals surface area contributed by atoms with Crippen molar-refractivity contribution in [3.05, 3.63) is 12.7 Å². The first-order chi connectivity index (χ1) is 9.15. The maximum atomic E-state index is 12.0. The fraction of sp³-hybridized carbons (Fsp3) is 0.733. The Labute approximate surface area is 116 Å². The maximum Gasteiger partial charge on any atom is 0.325 e. The Hall–Kier alpha value is -1.32. The lowest BCUT2D eigenvalue weighted by atomic mass is 10.1. The molecule has 0 aromatic heterocycles. The Morgan fingerprint density at radius 1 is 1.16 bits per heavy atom. The van der Waals surface area contributed by atoms with Crippen LogP contribution in [0.1, 0.15) is 52.4 Å². The summed E-state index contributed by atoms with van der Waals surface area (Å²) < 4.78 is 4.86. The van der Waals surface area contributed by atoms with Gasteiger partial charge in [0.1, 0.15) is 6.54 Å². The second-order valence-electron chi connectivity index (χ2n) is 4.53. The van der Waals surface area contributed by atoms with Crippen molar-refractivity contribution in [1.82, 2.24) is 4.90 Å². The number of unbranched alkanes of at least 4 members (excludes halogenated alkanes) is 4. The van der Waals surface area contributed by atoms with Gasteiger partial charge in [0.25, 0.3) is 0 Å². The largest absolute Gasteiger partial charge is 0.465 e. The van der Waals surface area contributed by atoms with E-state index in [4.69, 9.17) is 4.74 Å². The van der Waals surface area contributed by atoms with Crippen molar-refractivity contribution in [2.75, 3.05) is 19.7 Å². The molecule has 0 aromatic rings. The third-order valence-electron chi connectivity index (χ3n) is 2.82. The summed E-state index contributed by atoms with van der Waals surface area (Å²) in [6.07, 6.45) is 7.66. The summed E-state index contributed by atoms with van der Waals surface area (Å²) in [6, 6.07) is 0. The summed E-state index contributed by atoms with van der Waals surface area (Å²) in [6.45, 7) is 8.29. The summed E-state index contributed by atoms with van der Waals surface area (Å²) in [5.74, 6) is -0.354. The lowest BCUT2D eigenvalue weighted by Gasteiger charge is -2.20. The van der Waals surface area contributed by atoms with Crippen LogP contribution in [0.5, 0.6) is 0 Å². The van der Waals surface area contributed by atoms with Crippen molar-refractivity contribution in [2.45, 2.75) is 52.4 Å². The van der Waals surface area contributed by atoms with E-state index in [2.05, 4.69) is 13.5 Å². The van der Waals surface area contributed by atoms with Crippen LogP contribution in [0.25, 0.3) is 0 Å². The highest BCUT2D eigenvalue weighted by Crippen LogP contribution is 2.07. The van der Waals surface area contributed by atoms with Crippen molar-refractivity contribution in [3.63, 3.8) is 0 Å². The minimum atomic E-state index is -0.358. The molecule has 4 heteroatoms. The van der Waals surface area contributed by atoms with Crippen LogP contribution in [-0.4, -0.2) is 36.5 Å². The van der Waals surface area contributed by atoms with E-state index < -0.39 is 0 Å². The van der Waals surface area contributed by atoms with Gasteiger partial charge in [0.2, 0.25) is 5.91 Å². The van der Waals surface area contributed by atoms with E-state index in [0.29, 0.717) is 19.6 Å². The smallest absolute Gasteiger partial charge is 0.325 e. The average molecular weight is 269 g/mol. The molecule has 0 rings (SSSR count). The molecular weight excluding hydrogens is 242 g/mol. The van der Waals surface area contributed by atoms with E-state index in [-0.39, 0.29) is 18.4 Å². The van der Waals surface area contributed by atoms with Crippen LogP contribution in [0.15, 0.2) is 12.7 Å². The molecule has 0 bridgehead atoms. The molecule has 1 amide bonds. The number of ether oxygens (including phenoxy) is 1. The molecule has 0 atom stereocenters. The number of carbonyl (C=O) groups excluding carboxylic acids is 2. The van der Waals surface area contributed by atoms with Gasteiger partial charge in [0.05, 0.1) is 6.61 Å². The summed E-state index contributed by atoms with van der Waals surface area (Å²) in [4.78, 5) is 24.9. The molecule has 19 heavy (non-hydrogen) atoms. The molecule has 110 valence electrons. The number of carbonyl (C=O) groups is 2. The minimum absolute atomic E-state index is 0.00412. The van der Waals surface area contributed by atoms with Crippen molar-refractivity contribution in [2.24, 2.45) is 0 Å². The fourth-order valence-electron chi connectivity index (χ4n) is 1.81. The van der Waals surface area contributed by atoms with E-state index in [1.54, 1.807) is 13.0 Å². The van der Waals surface area contributed by atoms with Crippen LogP contribution in [0.4, 0.5) is 0 Å². The molecule has 0 spiro atoms. The van der Waals surface area contributed by atoms with Crippen LogP contribution in [0.3, 0.4) is 0 Å². The Morgan fingerprint density at radius 3 is 2.42 bits per heavy atom. The van der Waals surface area contributed by atoms with Gasteiger partial charge in [0.15, 0.2) is 0 Å². The van der Waals surface area contributed by atoms with Crippen LogP contribution >= 0.6 is 0 Å². The van der Waals surface area contributed by atoms with Gasteiger partial charge in [-0.2, -0.15) is 0 Å². The van der Waals surface area contributed by atoms with E-state index in [1.165, 1.54) is 24.2 Å². The van der Waals surface area contributed by atoms with E-state index in [0.717, 1.165) is 12.8 Å². The molecule has 0 N–H and O–H groups in total. The van der Waals surface area contributed by atoms with E-state index in [1.807, 2.05) is 0 Å². The molecule has 0 unspecified atom stereocenters. The summed E-state index contributed by atoms with van der Waals surface area (Å²) in [5, 5.41) is 0. The predicted molar refractivity (Wildman–Crippen MR) is 76.8 cm³/mol. The van der Waals surface area contributed by atoms with Crippen LogP contribution in [-0.2, 0) is 14.3 Å². The average Bonchev–Trinajstić information content (AvgIpc) is 2.38. The van der Waals surface area contributed by atoms with E-state index >= 15 is 0 Å². The van der Waals surface area contributed by atoms with Gasteiger partial charge in [-0.25, -0.2) is 0 Å². The van der Waals surface area contributed by atoms with Gasteiger partial charge < -0.3 is 9.64 Å². The summed E-state index contributed by atoms with van der Waals surface area (Å²) >= 11 is 0. The Bertz CT molecular complexity index is 277. The quantitative estimate of drug-likeness (QED) is 0.329. The lowest BCUT2D eigenvalue weighted by Crippen LogP contribution is -2.36. The van der Waals surface area contributed by atoms with Crippen LogP contribution in [0, 0.1) is 0 Å². The highest BCUT2D eigenvalue weighted by molar-refractivity contribution is 5.82. The molecule has 0 fully saturated rings. The predicted octanol–water partition coefficient (Wildman–Crippen LogP) is 2.92. The Morgan fingerprint density at radius 2 is 1.84 bits per heavy atom. The Kier molecular flexibility index (Phi) is 10.9. The molecule has 0 aliphatic heterocycles. The highest BCUT2D eigenvalue weighted by Gasteiger charge is 2.15. The second kappa shape index (κ2) is 11.8. The zero-order chi connectivity index (χ0) is 14.5. The summed E-state index contributed by atoms with van der Waals surface area (Å²) in [7, 11) is 0. The number of esters is 1. The molecule has 0 heterocycles. The standard InChI is InChI=1S/C15H27NO3/c1-4-7-8-9-10-11-14(17)16(12-5-2)13-15(18)19-6-3/h5H,2,4,6-13H2,1,3H3. The topological polar surface area (TPSA) is 46.6 Å². The van der Waals surface area contributed by atoms with Crippen molar-refractivity contribution >= 4 is 11.9 Å². The zero-order valence-electron chi connectivity index (χ0n) is 12.3. The maximum absolute atomic E-state index is 12.0. The lowest BCUT2D eigenvalue weighted by molar-refractivity contribution is -0.148. The minimum Gasteiger partial charge on any atom is -0.465 e. The first-order valence-electron chi connectivity index (χ1n) is 7.19. The van der Waals surface area contributed by atoms with Gasteiger partial charge in [-0.05, 0) is 13.3 Å². The fourth-order valence-corrected chi connectivity index (χ4v) is 1.81. The zero-order valence-corrected chi connectivity index (χ0v) is 12.3. The first kappa shape index (κ1) is 17.7. The number of nitrogens with zero attached hydrogens (tertiary/aromatic N) is 1. The summed E-state index contributed by atoms with van der Waals surface area (Å²) in [5.41, 5.74) is 0. The molecule has 0 saturated carbocycles. The van der Waals surface area contributed by atoms with E-state index in [9.17, 15) is 9.59 Å². The molecule has 0 aliphatic rings. The number of hydrogen-bond donors (Lipinski definition) is 0. The molecule has 4 nitrogen and oxygen atoms in total. The first-order valence-corrected chi connectivity index (χ1v) is 7.19. The molecule has 0 aromatic carbocycles. The molecule has 0 aliphatic carbocycles. The van der Waals surface area contributed by atoms with Crippen LogP contribution in [0.2, 0.25) is 0 Å². The van der Waals surface area contributed by atoms with Gasteiger partial charge >= 0.3 is 5.97 Å². The van der Waals surface area contributed by atoms with Crippen molar-refractivity contribution in [3.8, 4) is 0 Å². The number of amides is 1.